The Balaban J connectivity index is 1.65. The summed E-state index contributed by atoms with van der Waals surface area (Å²) in [6, 6.07) is 7.54. The SMILES string of the molecule is COc1cccc(C2CN(C(=O)Cn3cc(C(=O)O)nn3)CCO2)c1. The van der Waals surface area contributed by atoms with E-state index in [9.17, 15) is 9.59 Å². The summed E-state index contributed by atoms with van der Waals surface area (Å²) in [4.78, 5) is 24.9. The van der Waals surface area contributed by atoms with Crippen LogP contribution in [0.25, 0.3) is 0 Å². The van der Waals surface area contributed by atoms with Gasteiger partial charge in [0.05, 0.1) is 26.5 Å². The highest BCUT2D eigenvalue weighted by atomic mass is 16.5. The van der Waals surface area contributed by atoms with Crippen LogP contribution in [-0.4, -0.2) is 63.7 Å². The minimum absolute atomic E-state index is 0.0644. The Morgan fingerprint density at radius 3 is 3.00 bits per heavy atom. The Labute approximate surface area is 143 Å². The number of rotatable bonds is 5. The van der Waals surface area contributed by atoms with Gasteiger partial charge in [0.1, 0.15) is 18.4 Å². The smallest absolute Gasteiger partial charge is 0.358 e. The van der Waals surface area contributed by atoms with Crippen LogP contribution >= 0.6 is 0 Å². The highest BCUT2D eigenvalue weighted by molar-refractivity contribution is 5.84. The second-order valence-corrected chi connectivity index (χ2v) is 5.58. The van der Waals surface area contributed by atoms with Crippen molar-refractivity contribution in [2.45, 2.75) is 12.6 Å². The normalized spacial score (nSPS) is 17.3. The maximum Gasteiger partial charge on any atom is 0.358 e. The predicted octanol–water partition coefficient (Wildman–Crippen LogP) is 0.585. The number of carboxylic acids is 1. The molecule has 1 aromatic carbocycles. The summed E-state index contributed by atoms with van der Waals surface area (Å²) in [5.74, 6) is -0.616. The molecule has 1 unspecified atom stereocenters. The molecule has 1 aliphatic rings. The highest BCUT2D eigenvalue weighted by Gasteiger charge is 2.26. The van der Waals surface area contributed by atoms with E-state index in [2.05, 4.69) is 10.3 Å². The molecule has 1 aromatic heterocycles. The number of carbonyl (C=O) groups is 2. The minimum Gasteiger partial charge on any atom is -0.497 e. The Hall–Kier alpha value is -2.94. The van der Waals surface area contributed by atoms with E-state index < -0.39 is 5.97 Å². The van der Waals surface area contributed by atoms with Gasteiger partial charge in [0.25, 0.3) is 0 Å². The first-order valence-electron chi connectivity index (χ1n) is 7.73. The number of aromatic carboxylic acids is 1. The van der Waals surface area contributed by atoms with Crippen molar-refractivity contribution in [3.05, 3.63) is 41.7 Å². The van der Waals surface area contributed by atoms with E-state index in [4.69, 9.17) is 14.6 Å². The van der Waals surface area contributed by atoms with Gasteiger partial charge in [-0.15, -0.1) is 5.10 Å². The third kappa shape index (κ3) is 3.94. The van der Waals surface area contributed by atoms with Crippen LogP contribution in [0.1, 0.15) is 22.2 Å². The van der Waals surface area contributed by atoms with Gasteiger partial charge in [-0.25, -0.2) is 9.48 Å². The molecule has 132 valence electrons. The molecule has 1 saturated heterocycles. The summed E-state index contributed by atoms with van der Waals surface area (Å²) in [7, 11) is 1.60. The number of carboxylic acid groups (broad SMARTS) is 1. The van der Waals surface area contributed by atoms with Crippen molar-refractivity contribution in [1.29, 1.82) is 0 Å². The Morgan fingerprint density at radius 1 is 1.44 bits per heavy atom. The number of benzene rings is 1. The molecule has 0 spiro atoms. The summed E-state index contributed by atoms with van der Waals surface area (Å²) in [5.41, 5.74) is 0.745. The molecule has 2 heterocycles. The molecular weight excluding hydrogens is 328 g/mol. The molecule has 2 aromatic rings. The van der Waals surface area contributed by atoms with Gasteiger partial charge in [-0.3, -0.25) is 4.79 Å². The average molecular weight is 346 g/mol. The Kier molecular flexibility index (Phi) is 4.94. The molecule has 25 heavy (non-hydrogen) atoms. The first kappa shape index (κ1) is 16.9. The number of ether oxygens (including phenoxy) is 2. The number of amides is 1. The monoisotopic (exact) mass is 346 g/mol. The van der Waals surface area contributed by atoms with E-state index >= 15 is 0 Å². The van der Waals surface area contributed by atoms with Gasteiger partial charge in [0, 0.05) is 6.54 Å². The summed E-state index contributed by atoms with van der Waals surface area (Å²) < 4.78 is 12.2. The van der Waals surface area contributed by atoms with E-state index in [0.717, 1.165) is 11.3 Å². The first-order valence-corrected chi connectivity index (χ1v) is 7.73. The van der Waals surface area contributed by atoms with Gasteiger partial charge in [0.2, 0.25) is 5.91 Å². The third-order valence-corrected chi connectivity index (χ3v) is 3.94. The second kappa shape index (κ2) is 7.31. The third-order valence-electron chi connectivity index (χ3n) is 3.94. The number of nitrogens with zero attached hydrogens (tertiary/aromatic N) is 4. The quantitative estimate of drug-likeness (QED) is 0.844. The lowest BCUT2D eigenvalue weighted by Crippen LogP contribution is -2.43. The van der Waals surface area contributed by atoms with Gasteiger partial charge < -0.3 is 19.5 Å². The van der Waals surface area contributed by atoms with Crippen LogP contribution in [0.4, 0.5) is 0 Å². The second-order valence-electron chi connectivity index (χ2n) is 5.58. The molecule has 1 aliphatic heterocycles. The van der Waals surface area contributed by atoms with Crippen LogP contribution in [0.15, 0.2) is 30.5 Å². The van der Waals surface area contributed by atoms with Crippen molar-refractivity contribution in [3.8, 4) is 5.75 Å². The lowest BCUT2D eigenvalue weighted by Gasteiger charge is -2.33. The zero-order valence-corrected chi connectivity index (χ0v) is 13.7. The standard InChI is InChI=1S/C16H18N4O5/c1-24-12-4-2-3-11(7-12)14-9-19(5-6-25-14)15(21)10-20-8-13(16(22)23)17-18-20/h2-4,7-8,14H,5-6,9-10H2,1H3,(H,22,23). The van der Waals surface area contributed by atoms with Crippen LogP contribution in [0, 0.1) is 0 Å². The van der Waals surface area contributed by atoms with E-state index in [1.807, 2.05) is 24.3 Å². The first-order chi connectivity index (χ1) is 12.1. The van der Waals surface area contributed by atoms with E-state index in [0.29, 0.717) is 19.7 Å². The number of hydrogen-bond acceptors (Lipinski definition) is 6. The van der Waals surface area contributed by atoms with Crippen LogP contribution < -0.4 is 4.74 Å². The van der Waals surface area contributed by atoms with Crippen LogP contribution in [-0.2, 0) is 16.1 Å². The van der Waals surface area contributed by atoms with E-state index in [1.165, 1.54) is 10.9 Å². The molecule has 0 saturated carbocycles. The fourth-order valence-corrected chi connectivity index (χ4v) is 2.63. The zero-order chi connectivity index (χ0) is 17.8. The average Bonchev–Trinajstić information content (AvgIpc) is 3.10. The number of aromatic nitrogens is 3. The number of methoxy groups -OCH3 is 1. The number of hydrogen-bond donors (Lipinski definition) is 1. The maximum atomic E-state index is 12.5. The van der Waals surface area contributed by atoms with Crippen LogP contribution in [0.5, 0.6) is 5.75 Å². The zero-order valence-electron chi connectivity index (χ0n) is 13.7. The Morgan fingerprint density at radius 2 is 2.28 bits per heavy atom. The summed E-state index contributed by atoms with van der Waals surface area (Å²) in [6.45, 7) is 1.24. The van der Waals surface area contributed by atoms with Crippen molar-refractivity contribution >= 4 is 11.9 Å². The molecular formula is C16H18N4O5. The van der Waals surface area contributed by atoms with E-state index in [1.54, 1.807) is 12.0 Å². The van der Waals surface area contributed by atoms with Crippen molar-refractivity contribution in [3.63, 3.8) is 0 Å². The fraction of sp³-hybridized carbons (Fsp3) is 0.375. The molecule has 9 nitrogen and oxygen atoms in total. The van der Waals surface area contributed by atoms with Crippen molar-refractivity contribution < 1.29 is 24.2 Å². The van der Waals surface area contributed by atoms with Gasteiger partial charge in [-0.2, -0.15) is 0 Å². The van der Waals surface area contributed by atoms with Crippen LogP contribution in [0.2, 0.25) is 0 Å². The molecule has 0 aliphatic carbocycles. The lowest BCUT2D eigenvalue weighted by molar-refractivity contribution is -0.139. The molecule has 0 radical (unpaired) electrons. The number of carbonyl (C=O) groups excluding carboxylic acids is 1. The van der Waals surface area contributed by atoms with E-state index in [-0.39, 0.29) is 24.2 Å². The molecule has 3 rings (SSSR count). The lowest BCUT2D eigenvalue weighted by atomic mass is 10.1. The van der Waals surface area contributed by atoms with Gasteiger partial charge >= 0.3 is 5.97 Å². The molecule has 0 bridgehead atoms. The summed E-state index contributed by atoms with van der Waals surface area (Å²) in [5, 5.41) is 16.0. The fourth-order valence-electron chi connectivity index (χ4n) is 2.63. The molecule has 1 amide bonds. The van der Waals surface area contributed by atoms with Gasteiger partial charge in [-0.1, -0.05) is 17.3 Å². The molecule has 1 fully saturated rings. The van der Waals surface area contributed by atoms with Crippen molar-refractivity contribution in [1.82, 2.24) is 19.9 Å². The number of morpholine rings is 1. The van der Waals surface area contributed by atoms with Crippen molar-refractivity contribution in [2.24, 2.45) is 0 Å². The predicted molar refractivity (Wildman–Crippen MR) is 85.2 cm³/mol. The molecule has 1 N–H and O–H groups in total. The summed E-state index contributed by atoms with van der Waals surface area (Å²) in [6.07, 6.45) is 0.998. The molecule has 9 heteroatoms. The topological polar surface area (TPSA) is 107 Å². The van der Waals surface area contributed by atoms with Gasteiger partial charge in [-0.05, 0) is 17.7 Å². The summed E-state index contributed by atoms with van der Waals surface area (Å²) >= 11 is 0. The molecule has 1 atom stereocenters. The van der Waals surface area contributed by atoms with Gasteiger partial charge in [0.15, 0.2) is 5.69 Å². The highest BCUT2D eigenvalue weighted by Crippen LogP contribution is 2.25. The largest absolute Gasteiger partial charge is 0.497 e. The van der Waals surface area contributed by atoms with Crippen LogP contribution in [0.3, 0.4) is 0 Å². The maximum absolute atomic E-state index is 12.5. The minimum atomic E-state index is -1.18. The Bertz CT molecular complexity index is 775. The van der Waals surface area contributed by atoms with Crippen molar-refractivity contribution in [2.75, 3.05) is 26.8 Å².